The molecule has 1 aromatic rings. The Kier molecular flexibility index (Phi) is 6.11. The average Bonchev–Trinajstić information content (AvgIpc) is 3.02. The summed E-state index contributed by atoms with van der Waals surface area (Å²) in [5, 5.41) is 4.86. The van der Waals surface area contributed by atoms with Crippen LogP contribution >= 0.6 is 0 Å². The normalized spacial score (nSPS) is 15.5. The lowest BCUT2D eigenvalue weighted by molar-refractivity contribution is -0.155. The van der Waals surface area contributed by atoms with E-state index in [-0.39, 0.29) is 18.1 Å². The van der Waals surface area contributed by atoms with Crippen molar-refractivity contribution in [3.05, 3.63) is 34.7 Å². The minimum Gasteiger partial charge on any atom is -0.451 e. The number of nitrogens with zero attached hydrogens (tertiary/aromatic N) is 1. The molecule has 2 N–H and O–H groups in total. The van der Waals surface area contributed by atoms with Crippen molar-refractivity contribution in [1.29, 1.82) is 0 Å². The van der Waals surface area contributed by atoms with Gasteiger partial charge >= 0.3 is 12.0 Å². The zero-order valence-electron chi connectivity index (χ0n) is 13.5. The molecule has 24 heavy (non-hydrogen) atoms. The van der Waals surface area contributed by atoms with Crippen molar-refractivity contribution in [1.82, 2.24) is 15.2 Å². The SMILES string of the molecule is C[C@@H](OC(=O)Cn1ccccc1=O)C(=O)NC(=O)NC1CCCC1. The fraction of sp³-hybridized carbons (Fsp3) is 0.500. The van der Waals surface area contributed by atoms with Crippen molar-refractivity contribution in [3.8, 4) is 0 Å². The number of carbonyl (C=O) groups is 3. The molecule has 1 aliphatic carbocycles. The molecule has 1 aromatic heterocycles. The van der Waals surface area contributed by atoms with E-state index in [9.17, 15) is 19.2 Å². The number of urea groups is 1. The van der Waals surface area contributed by atoms with Crippen LogP contribution in [0.1, 0.15) is 32.6 Å². The summed E-state index contributed by atoms with van der Waals surface area (Å²) in [6.45, 7) is 1.06. The lowest BCUT2D eigenvalue weighted by atomic mass is 10.2. The molecule has 0 spiro atoms. The van der Waals surface area contributed by atoms with Gasteiger partial charge in [0, 0.05) is 18.3 Å². The minimum absolute atomic E-state index is 0.0839. The quantitative estimate of drug-likeness (QED) is 0.764. The molecule has 130 valence electrons. The molecule has 0 radical (unpaired) electrons. The first-order valence-corrected chi connectivity index (χ1v) is 7.92. The maximum absolute atomic E-state index is 11.9. The predicted octanol–water partition coefficient (Wildman–Crippen LogP) is 0.548. The molecule has 0 aromatic carbocycles. The zero-order chi connectivity index (χ0) is 17.5. The van der Waals surface area contributed by atoms with Crippen molar-refractivity contribution in [2.75, 3.05) is 0 Å². The zero-order valence-corrected chi connectivity index (χ0v) is 13.5. The highest BCUT2D eigenvalue weighted by Gasteiger charge is 2.22. The van der Waals surface area contributed by atoms with Gasteiger partial charge in [0.1, 0.15) is 6.54 Å². The van der Waals surface area contributed by atoms with Crippen LogP contribution in [0.3, 0.4) is 0 Å². The summed E-state index contributed by atoms with van der Waals surface area (Å²) in [6.07, 6.45) is 4.24. The van der Waals surface area contributed by atoms with Gasteiger partial charge in [0.2, 0.25) is 0 Å². The smallest absolute Gasteiger partial charge is 0.326 e. The van der Waals surface area contributed by atoms with Crippen molar-refractivity contribution < 1.29 is 19.1 Å². The number of ether oxygens (including phenoxy) is 1. The van der Waals surface area contributed by atoms with Crippen LogP contribution in [0.15, 0.2) is 29.2 Å². The molecule has 0 bridgehead atoms. The number of hydrogen-bond donors (Lipinski definition) is 2. The largest absolute Gasteiger partial charge is 0.451 e. The second-order valence-corrected chi connectivity index (χ2v) is 5.74. The number of imide groups is 1. The third-order valence-corrected chi connectivity index (χ3v) is 3.80. The van der Waals surface area contributed by atoms with Crippen LogP contribution in [0, 0.1) is 0 Å². The molecule has 3 amide bonds. The first-order valence-electron chi connectivity index (χ1n) is 7.92. The third-order valence-electron chi connectivity index (χ3n) is 3.80. The lowest BCUT2D eigenvalue weighted by Gasteiger charge is -2.15. The highest BCUT2D eigenvalue weighted by atomic mass is 16.5. The average molecular weight is 335 g/mol. The highest BCUT2D eigenvalue weighted by Crippen LogP contribution is 2.17. The van der Waals surface area contributed by atoms with Gasteiger partial charge in [0.15, 0.2) is 6.10 Å². The summed E-state index contributed by atoms with van der Waals surface area (Å²) in [5.41, 5.74) is -0.345. The topological polar surface area (TPSA) is 106 Å². The van der Waals surface area contributed by atoms with E-state index in [0.29, 0.717) is 0 Å². The fourth-order valence-corrected chi connectivity index (χ4v) is 2.52. The fourth-order valence-electron chi connectivity index (χ4n) is 2.52. The van der Waals surface area contributed by atoms with E-state index >= 15 is 0 Å². The lowest BCUT2D eigenvalue weighted by Crippen LogP contribution is -2.47. The molecule has 2 rings (SSSR count). The Balaban J connectivity index is 1.78. The molecule has 8 heteroatoms. The van der Waals surface area contributed by atoms with Gasteiger partial charge in [0.25, 0.3) is 11.5 Å². The second kappa shape index (κ2) is 8.28. The van der Waals surface area contributed by atoms with E-state index in [0.717, 1.165) is 25.7 Å². The van der Waals surface area contributed by atoms with Crippen LogP contribution in [-0.2, 0) is 20.9 Å². The number of esters is 1. The number of hydrogen-bond acceptors (Lipinski definition) is 5. The Morgan fingerprint density at radius 3 is 2.67 bits per heavy atom. The van der Waals surface area contributed by atoms with E-state index in [2.05, 4.69) is 10.6 Å². The summed E-state index contributed by atoms with van der Waals surface area (Å²) in [6, 6.07) is 3.98. The van der Waals surface area contributed by atoms with Crippen LogP contribution in [0.5, 0.6) is 0 Å². The molecule has 0 unspecified atom stereocenters. The van der Waals surface area contributed by atoms with Crippen molar-refractivity contribution in [2.24, 2.45) is 0 Å². The summed E-state index contributed by atoms with van der Waals surface area (Å²) in [5.74, 6) is -1.44. The standard InChI is InChI=1S/C16H21N3O5/c1-11(15(22)18-16(23)17-12-6-2-3-7-12)24-14(21)10-19-9-5-4-8-13(19)20/h4-5,8-9,11-12H,2-3,6-7,10H2,1H3,(H2,17,18,22,23)/t11-/m1/s1. The molecule has 1 saturated carbocycles. The maximum Gasteiger partial charge on any atom is 0.326 e. The van der Waals surface area contributed by atoms with E-state index in [1.165, 1.54) is 23.8 Å². The first kappa shape index (κ1) is 17.7. The molecule has 1 fully saturated rings. The Bertz CT molecular complexity index is 664. The predicted molar refractivity (Wildman–Crippen MR) is 85.2 cm³/mol. The Hall–Kier alpha value is -2.64. The van der Waals surface area contributed by atoms with Gasteiger partial charge in [-0.1, -0.05) is 18.9 Å². The highest BCUT2D eigenvalue weighted by molar-refractivity contribution is 5.97. The van der Waals surface area contributed by atoms with Gasteiger partial charge in [-0.3, -0.25) is 19.7 Å². The molecular formula is C16H21N3O5. The Morgan fingerprint density at radius 1 is 1.29 bits per heavy atom. The number of amides is 3. The molecule has 0 aliphatic heterocycles. The molecular weight excluding hydrogens is 314 g/mol. The number of rotatable bonds is 5. The monoisotopic (exact) mass is 335 g/mol. The van der Waals surface area contributed by atoms with E-state index in [4.69, 9.17) is 4.74 Å². The van der Waals surface area contributed by atoms with Crippen LogP contribution in [-0.4, -0.2) is 34.6 Å². The molecule has 0 saturated heterocycles. The van der Waals surface area contributed by atoms with Crippen LogP contribution in [0.2, 0.25) is 0 Å². The van der Waals surface area contributed by atoms with Crippen molar-refractivity contribution in [2.45, 2.75) is 51.3 Å². The molecule has 1 aliphatic rings. The van der Waals surface area contributed by atoms with Gasteiger partial charge in [-0.05, 0) is 25.8 Å². The Labute approximate surface area is 139 Å². The summed E-state index contributed by atoms with van der Waals surface area (Å²) in [4.78, 5) is 46.9. The summed E-state index contributed by atoms with van der Waals surface area (Å²) in [7, 11) is 0. The van der Waals surface area contributed by atoms with Crippen LogP contribution in [0.25, 0.3) is 0 Å². The van der Waals surface area contributed by atoms with Gasteiger partial charge in [0.05, 0.1) is 0 Å². The summed E-state index contributed by atoms with van der Waals surface area (Å²) >= 11 is 0. The van der Waals surface area contributed by atoms with Crippen molar-refractivity contribution >= 4 is 17.9 Å². The maximum atomic E-state index is 11.9. The van der Waals surface area contributed by atoms with Crippen LogP contribution < -0.4 is 16.2 Å². The number of aromatic nitrogens is 1. The van der Waals surface area contributed by atoms with Crippen molar-refractivity contribution in [3.63, 3.8) is 0 Å². The molecule has 1 heterocycles. The van der Waals surface area contributed by atoms with Crippen LogP contribution in [0.4, 0.5) is 4.79 Å². The second-order valence-electron chi connectivity index (χ2n) is 5.74. The molecule has 8 nitrogen and oxygen atoms in total. The van der Waals surface area contributed by atoms with E-state index in [1.54, 1.807) is 12.1 Å². The van der Waals surface area contributed by atoms with E-state index in [1.807, 2.05) is 0 Å². The minimum atomic E-state index is -1.13. The van der Waals surface area contributed by atoms with E-state index < -0.39 is 24.0 Å². The third kappa shape index (κ3) is 5.22. The molecule has 1 atom stereocenters. The van der Waals surface area contributed by atoms with Gasteiger partial charge in [-0.15, -0.1) is 0 Å². The van der Waals surface area contributed by atoms with Gasteiger partial charge in [-0.2, -0.15) is 0 Å². The van der Waals surface area contributed by atoms with Gasteiger partial charge < -0.3 is 14.6 Å². The number of nitrogens with one attached hydrogen (secondary N) is 2. The van der Waals surface area contributed by atoms with Gasteiger partial charge in [-0.25, -0.2) is 4.79 Å². The number of carbonyl (C=O) groups excluding carboxylic acids is 3. The Morgan fingerprint density at radius 2 is 2.00 bits per heavy atom. The number of pyridine rings is 1. The summed E-state index contributed by atoms with van der Waals surface area (Å²) < 4.78 is 6.12. The first-order chi connectivity index (χ1) is 11.5.